The first kappa shape index (κ1) is 18.2. The van der Waals surface area contributed by atoms with Crippen LogP contribution in [-0.2, 0) is 19.1 Å². The number of carbonyl (C=O) groups excluding carboxylic acids is 2. The topological polar surface area (TPSA) is 88.1 Å². The molecular weight excluding hydrogens is 300 g/mol. The van der Waals surface area contributed by atoms with Crippen molar-refractivity contribution in [1.82, 2.24) is 10.2 Å². The van der Waals surface area contributed by atoms with Crippen LogP contribution in [0, 0.1) is 0 Å². The van der Waals surface area contributed by atoms with Gasteiger partial charge in [0.05, 0.1) is 25.2 Å². The highest BCUT2D eigenvalue weighted by atomic mass is 16.5. The van der Waals surface area contributed by atoms with Gasteiger partial charge < -0.3 is 24.8 Å². The van der Waals surface area contributed by atoms with Crippen molar-refractivity contribution in [2.75, 3.05) is 33.4 Å². The highest BCUT2D eigenvalue weighted by Crippen LogP contribution is 2.23. The number of aliphatic hydroxyl groups excluding tert-OH is 1. The molecule has 7 nitrogen and oxygen atoms in total. The van der Waals surface area contributed by atoms with Crippen molar-refractivity contribution in [2.24, 2.45) is 0 Å². The normalized spacial score (nSPS) is 28.4. The van der Waals surface area contributed by atoms with Crippen LogP contribution in [0.4, 0.5) is 0 Å². The lowest BCUT2D eigenvalue weighted by atomic mass is 9.96. The van der Waals surface area contributed by atoms with E-state index >= 15 is 0 Å². The molecule has 2 fully saturated rings. The smallest absolute Gasteiger partial charge is 0.246 e. The molecule has 0 aromatic carbocycles. The van der Waals surface area contributed by atoms with Crippen LogP contribution in [0.5, 0.6) is 0 Å². The van der Waals surface area contributed by atoms with Crippen LogP contribution in [0.15, 0.2) is 0 Å². The van der Waals surface area contributed by atoms with Crippen LogP contribution in [0.25, 0.3) is 0 Å². The van der Waals surface area contributed by atoms with E-state index in [2.05, 4.69) is 5.32 Å². The standard InChI is InChI=1S/C16H28N2O5/c1-22-11-15(20)17-13-6-5-12(23-14(13)10-19)9-16(21)18-7-3-2-4-8-18/h12-14,19H,2-11H2,1H3,(H,17,20)/t12-,13-,14+/m1/s1. The molecule has 0 saturated carbocycles. The third-order valence-corrected chi connectivity index (χ3v) is 4.53. The van der Waals surface area contributed by atoms with Gasteiger partial charge in [-0.25, -0.2) is 0 Å². The van der Waals surface area contributed by atoms with Crippen molar-refractivity contribution in [3.05, 3.63) is 0 Å². The zero-order valence-corrected chi connectivity index (χ0v) is 13.8. The van der Waals surface area contributed by atoms with Gasteiger partial charge in [0.15, 0.2) is 0 Å². The fraction of sp³-hybridized carbons (Fsp3) is 0.875. The first-order valence-corrected chi connectivity index (χ1v) is 8.46. The number of hydrogen-bond donors (Lipinski definition) is 2. The molecule has 2 heterocycles. The summed E-state index contributed by atoms with van der Waals surface area (Å²) in [5, 5.41) is 12.3. The number of nitrogens with zero attached hydrogens (tertiary/aromatic N) is 1. The second kappa shape index (κ2) is 9.20. The number of nitrogens with one attached hydrogen (secondary N) is 1. The number of carbonyl (C=O) groups is 2. The maximum atomic E-state index is 12.3. The number of likely N-dealkylation sites (tertiary alicyclic amines) is 1. The lowest BCUT2D eigenvalue weighted by molar-refractivity contribution is -0.144. The van der Waals surface area contributed by atoms with E-state index in [1.807, 2.05) is 4.90 Å². The van der Waals surface area contributed by atoms with E-state index in [0.29, 0.717) is 19.3 Å². The number of amides is 2. The van der Waals surface area contributed by atoms with Crippen molar-refractivity contribution in [2.45, 2.75) is 56.8 Å². The van der Waals surface area contributed by atoms with Gasteiger partial charge in [-0.3, -0.25) is 9.59 Å². The maximum Gasteiger partial charge on any atom is 0.246 e. The zero-order chi connectivity index (χ0) is 16.7. The van der Waals surface area contributed by atoms with E-state index in [1.54, 1.807) is 0 Å². The van der Waals surface area contributed by atoms with Gasteiger partial charge in [0.25, 0.3) is 0 Å². The minimum Gasteiger partial charge on any atom is -0.394 e. The number of hydrogen-bond acceptors (Lipinski definition) is 5. The second-order valence-electron chi connectivity index (χ2n) is 6.31. The number of rotatable bonds is 6. The van der Waals surface area contributed by atoms with Gasteiger partial charge in [0.2, 0.25) is 11.8 Å². The summed E-state index contributed by atoms with van der Waals surface area (Å²) in [7, 11) is 1.46. The lowest BCUT2D eigenvalue weighted by Gasteiger charge is -2.37. The fourth-order valence-electron chi connectivity index (χ4n) is 3.29. The predicted molar refractivity (Wildman–Crippen MR) is 83.8 cm³/mol. The molecular formula is C16H28N2O5. The molecule has 2 rings (SSSR count). The number of piperidine rings is 1. The van der Waals surface area contributed by atoms with Gasteiger partial charge in [-0.05, 0) is 32.1 Å². The lowest BCUT2D eigenvalue weighted by Crippen LogP contribution is -2.52. The summed E-state index contributed by atoms with van der Waals surface area (Å²) >= 11 is 0. The molecule has 7 heteroatoms. The highest BCUT2D eigenvalue weighted by Gasteiger charge is 2.33. The van der Waals surface area contributed by atoms with Gasteiger partial charge in [0, 0.05) is 20.2 Å². The average molecular weight is 328 g/mol. The molecule has 0 unspecified atom stereocenters. The maximum absolute atomic E-state index is 12.3. The SMILES string of the molecule is COCC(=O)N[C@@H]1CC[C@H](CC(=O)N2CCCCC2)O[C@H]1CO. The zero-order valence-electron chi connectivity index (χ0n) is 13.8. The van der Waals surface area contributed by atoms with Crippen molar-refractivity contribution in [3.63, 3.8) is 0 Å². The Kier molecular flexibility index (Phi) is 7.26. The van der Waals surface area contributed by atoms with Crippen LogP contribution in [0.3, 0.4) is 0 Å². The Morgan fingerprint density at radius 3 is 2.65 bits per heavy atom. The summed E-state index contributed by atoms with van der Waals surface area (Å²) in [6, 6.07) is -0.232. The molecule has 3 atom stereocenters. The van der Waals surface area contributed by atoms with Gasteiger partial charge in [-0.15, -0.1) is 0 Å². The van der Waals surface area contributed by atoms with E-state index in [9.17, 15) is 14.7 Å². The molecule has 2 aliphatic heterocycles. The molecule has 0 bridgehead atoms. The fourth-order valence-corrected chi connectivity index (χ4v) is 3.29. The van der Waals surface area contributed by atoms with Gasteiger partial charge >= 0.3 is 0 Å². The third-order valence-electron chi connectivity index (χ3n) is 4.53. The van der Waals surface area contributed by atoms with E-state index in [4.69, 9.17) is 9.47 Å². The summed E-state index contributed by atoms with van der Waals surface area (Å²) in [4.78, 5) is 25.8. The number of methoxy groups -OCH3 is 1. The first-order valence-electron chi connectivity index (χ1n) is 8.46. The Morgan fingerprint density at radius 1 is 1.26 bits per heavy atom. The van der Waals surface area contributed by atoms with Crippen molar-refractivity contribution >= 4 is 11.8 Å². The van der Waals surface area contributed by atoms with E-state index in [1.165, 1.54) is 13.5 Å². The summed E-state index contributed by atoms with van der Waals surface area (Å²) in [5.41, 5.74) is 0. The Morgan fingerprint density at radius 2 is 2.00 bits per heavy atom. The van der Waals surface area contributed by atoms with Crippen LogP contribution < -0.4 is 5.32 Å². The summed E-state index contributed by atoms with van der Waals surface area (Å²) < 4.78 is 10.6. The van der Waals surface area contributed by atoms with Crippen LogP contribution in [-0.4, -0.2) is 73.5 Å². The third kappa shape index (κ3) is 5.44. The summed E-state index contributed by atoms with van der Waals surface area (Å²) in [6.45, 7) is 1.49. The quantitative estimate of drug-likeness (QED) is 0.720. The summed E-state index contributed by atoms with van der Waals surface area (Å²) in [5.74, 6) is -0.0874. The molecule has 0 radical (unpaired) electrons. The van der Waals surface area contributed by atoms with Crippen molar-refractivity contribution < 1.29 is 24.2 Å². The van der Waals surface area contributed by atoms with Crippen LogP contribution >= 0.6 is 0 Å². The Bertz CT molecular complexity index is 398. The first-order chi connectivity index (χ1) is 11.1. The van der Waals surface area contributed by atoms with Crippen molar-refractivity contribution in [1.29, 1.82) is 0 Å². The van der Waals surface area contributed by atoms with E-state index in [-0.39, 0.29) is 37.2 Å². The minimum absolute atomic E-state index is 0.00841. The molecule has 132 valence electrons. The molecule has 0 spiro atoms. The number of ether oxygens (including phenoxy) is 2. The largest absolute Gasteiger partial charge is 0.394 e. The highest BCUT2D eigenvalue weighted by molar-refractivity contribution is 5.78. The van der Waals surface area contributed by atoms with Gasteiger partial charge in [-0.2, -0.15) is 0 Å². The molecule has 2 aliphatic rings. The molecule has 2 amide bonds. The van der Waals surface area contributed by atoms with Crippen LogP contribution in [0.2, 0.25) is 0 Å². The molecule has 23 heavy (non-hydrogen) atoms. The monoisotopic (exact) mass is 328 g/mol. The van der Waals surface area contributed by atoms with Crippen molar-refractivity contribution in [3.8, 4) is 0 Å². The predicted octanol–water partition coefficient (Wildman–Crippen LogP) is 0.0601. The Hall–Kier alpha value is -1.18. The average Bonchev–Trinajstić information content (AvgIpc) is 2.57. The Labute approximate surface area is 137 Å². The van der Waals surface area contributed by atoms with E-state index in [0.717, 1.165) is 25.9 Å². The van der Waals surface area contributed by atoms with Gasteiger partial charge in [0.1, 0.15) is 12.7 Å². The second-order valence-corrected chi connectivity index (χ2v) is 6.31. The van der Waals surface area contributed by atoms with E-state index < -0.39 is 6.10 Å². The molecule has 0 aliphatic carbocycles. The summed E-state index contributed by atoms with van der Waals surface area (Å²) in [6.07, 6.45) is 4.44. The molecule has 0 aromatic heterocycles. The molecule has 0 aromatic rings. The minimum atomic E-state index is -0.469. The Balaban J connectivity index is 1.80. The van der Waals surface area contributed by atoms with Crippen LogP contribution in [0.1, 0.15) is 38.5 Å². The molecule has 2 saturated heterocycles. The molecule has 2 N–H and O–H groups in total. The number of aliphatic hydroxyl groups is 1. The van der Waals surface area contributed by atoms with Gasteiger partial charge in [-0.1, -0.05) is 0 Å².